The Labute approximate surface area is 219 Å². The molecule has 5 atom stereocenters. The summed E-state index contributed by atoms with van der Waals surface area (Å²) in [5.41, 5.74) is -5.55. The average Bonchev–Trinajstić information content (AvgIpc) is 3.13. The third-order valence-electron chi connectivity index (χ3n) is 8.41. The molecular weight excluding hydrogens is 498 g/mol. The number of aliphatic hydroxyl groups excluding tert-OH is 2. The topological polar surface area (TPSA) is 60.7 Å². The maximum Gasteiger partial charge on any atom is 0.429 e. The fraction of sp³-hybridized carbons (Fsp3) is 0.929. The number of allylic oxidation sites excluding steroid dienone is 1. The van der Waals surface area contributed by atoms with Crippen LogP contribution in [0.25, 0.3) is 0 Å². The number of rotatable bonds is 7. The van der Waals surface area contributed by atoms with E-state index >= 15 is 0 Å². The standard InChI is InChI=1S/C25H40F6O2.C2H6.CH4O/c1-20(2,3)12-7-13-21(4,14-8-16-23(33,24(26,27)28)25(29,30)31)19-11-10-17-18(32)9-6-15-22(17,19)5;2*1-2/h8,16-19,32-33H,6-7,9-15H2,1-5H3;1-2H3;2H,1H3/b16-8-;;/t17?,18?,19-,21+,22?;;/m1../s1. The molecule has 37 heavy (non-hydrogen) atoms. The molecule has 3 N–H and O–H groups in total. The quantitative estimate of drug-likeness (QED) is 0.222. The largest absolute Gasteiger partial charge is 0.429 e. The molecule has 0 radical (unpaired) electrons. The number of hydrogen-bond acceptors (Lipinski definition) is 3. The van der Waals surface area contributed by atoms with Gasteiger partial charge in [0.1, 0.15) is 0 Å². The first-order valence-electron chi connectivity index (χ1n) is 13.4. The third-order valence-corrected chi connectivity index (χ3v) is 8.41. The van der Waals surface area contributed by atoms with Gasteiger partial charge in [0.15, 0.2) is 0 Å². The van der Waals surface area contributed by atoms with Crippen molar-refractivity contribution >= 4 is 0 Å². The fourth-order valence-electron chi connectivity index (χ4n) is 6.58. The van der Waals surface area contributed by atoms with Crippen LogP contribution >= 0.6 is 0 Å². The molecule has 3 unspecified atom stereocenters. The zero-order chi connectivity index (χ0) is 29.5. The molecular formula is C28H50F6O3. The van der Waals surface area contributed by atoms with Crippen LogP contribution in [0.5, 0.6) is 0 Å². The number of alkyl halides is 6. The first-order chi connectivity index (χ1) is 16.8. The SMILES string of the molecule is CC.CC(C)(C)CCC[C@@](C)(C/C=C\C(O)(C(F)(F)F)C(F)(F)F)[C@H]1CCC2C(O)CCCC21C.CO. The van der Waals surface area contributed by atoms with Crippen LogP contribution in [-0.2, 0) is 0 Å². The van der Waals surface area contributed by atoms with E-state index < -0.39 is 29.5 Å². The highest BCUT2D eigenvalue weighted by Gasteiger charge is 2.69. The van der Waals surface area contributed by atoms with Crippen LogP contribution in [0.2, 0.25) is 0 Å². The minimum absolute atomic E-state index is 0.00862. The third kappa shape index (κ3) is 8.59. The van der Waals surface area contributed by atoms with Crippen molar-refractivity contribution in [3.8, 4) is 0 Å². The zero-order valence-corrected chi connectivity index (χ0v) is 23.9. The Balaban J connectivity index is 0.00000308. The second-order valence-corrected chi connectivity index (χ2v) is 12.1. The first kappa shape index (κ1) is 36.2. The molecule has 3 nitrogen and oxygen atoms in total. The normalized spacial score (nSPS) is 28.5. The van der Waals surface area contributed by atoms with Gasteiger partial charge in [-0.25, -0.2) is 0 Å². The van der Waals surface area contributed by atoms with Gasteiger partial charge in [-0.2, -0.15) is 26.3 Å². The van der Waals surface area contributed by atoms with Gasteiger partial charge in [-0.1, -0.05) is 67.4 Å². The molecule has 0 bridgehead atoms. The molecule has 2 aliphatic carbocycles. The smallest absolute Gasteiger partial charge is 0.400 e. The molecule has 2 fully saturated rings. The van der Waals surface area contributed by atoms with Gasteiger partial charge in [0.25, 0.3) is 5.60 Å². The minimum Gasteiger partial charge on any atom is -0.400 e. The van der Waals surface area contributed by atoms with Crippen LogP contribution in [0.1, 0.15) is 106 Å². The highest BCUT2D eigenvalue weighted by atomic mass is 19.4. The number of fused-ring (bicyclic) bond motifs is 1. The van der Waals surface area contributed by atoms with E-state index in [0.717, 1.165) is 58.1 Å². The maximum absolute atomic E-state index is 13.1. The molecule has 0 amide bonds. The van der Waals surface area contributed by atoms with E-state index in [9.17, 15) is 36.6 Å². The molecule has 0 aromatic rings. The number of halogens is 6. The summed E-state index contributed by atoms with van der Waals surface area (Å²) >= 11 is 0. The van der Waals surface area contributed by atoms with Gasteiger partial charge < -0.3 is 15.3 Å². The van der Waals surface area contributed by atoms with Crippen molar-refractivity contribution in [1.29, 1.82) is 0 Å². The van der Waals surface area contributed by atoms with Crippen LogP contribution in [0.15, 0.2) is 12.2 Å². The van der Waals surface area contributed by atoms with Crippen LogP contribution in [-0.4, -0.2) is 46.5 Å². The molecule has 0 aromatic heterocycles. The number of hydrogen-bond donors (Lipinski definition) is 3. The molecule has 2 saturated carbocycles. The van der Waals surface area contributed by atoms with Crippen molar-refractivity contribution < 1.29 is 41.7 Å². The van der Waals surface area contributed by atoms with E-state index in [0.29, 0.717) is 6.42 Å². The molecule has 0 spiro atoms. The van der Waals surface area contributed by atoms with Crippen molar-refractivity contribution in [2.75, 3.05) is 7.11 Å². The Morgan fingerprint density at radius 1 is 0.865 bits per heavy atom. The summed E-state index contributed by atoms with van der Waals surface area (Å²) in [6.07, 6.45) is -4.90. The molecule has 0 heterocycles. The van der Waals surface area contributed by atoms with E-state index in [-0.39, 0.29) is 35.2 Å². The van der Waals surface area contributed by atoms with E-state index in [2.05, 4.69) is 27.7 Å². The van der Waals surface area contributed by atoms with Crippen molar-refractivity contribution in [2.45, 2.75) is 130 Å². The highest BCUT2D eigenvalue weighted by molar-refractivity contribution is 5.13. The van der Waals surface area contributed by atoms with Gasteiger partial charge in [-0.3, -0.25) is 0 Å². The average molecular weight is 549 g/mol. The zero-order valence-electron chi connectivity index (χ0n) is 23.9. The Bertz CT molecular complexity index is 684. The lowest BCUT2D eigenvalue weighted by atomic mass is 9.55. The monoisotopic (exact) mass is 548 g/mol. The molecule has 0 saturated heterocycles. The van der Waals surface area contributed by atoms with Gasteiger partial charge in [-0.05, 0) is 79.1 Å². The van der Waals surface area contributed by atoms with E-state index in [1.54, 1.807) is 0 Å². The molecule has 9 heteroatoms. The molecule has 222 valence electrons. The van der Waals surface area contributed by atoms with Gasteiger partial charge >= 0.3 is 12.4 Å². The second kappa shape index (κ2) is 13.5. The Morgan fingerprint density at radius 2 is 1.38 bits per heavy atom. The summed E-state index contributed by atoms with van der Waals surface area (Å²) < 4.78 is 78.8. The second-order valence-electron chi connectivity index (χ2n) is 12.1. The predicted octanol–water partition coefficient (Wildman–Crippen LogP) is 8.22. The van der Waals surface area contributed by atoms with Crippen LogP contribution in [0.3, 0.4) is 0 Å². The molecule has 0 aromatic carbocycles. The minimum atomic E-state index is -5.86. The van der Waals surface area contributed by atoms with E-state index in [1.807, 2.05) is 20.8 Å². The van der Waals surface area contributed by atoms with Gasteiger partial charge in [-0.15, -0.1) is 0 Å². The lowest BCUT2D eigenvalue weighted by molar-refractivity contribution is -0.347. The highest BCUT2D eigenvalue weighted by Crippen LogP contribution is 2.62. The number of aliphatic hydroxyl groups is 3. The van der Waals surface area contributed by atoms with Gasteiger partial charge in [0.05, 0.1) is 6.10 Å². The van der Waals surface area contributed by atoms with Crippen LogP contribution in [0, 0.1) is 28.1 Å². The summed E-state index contributed by atoms with van der Waals surface area (Å²) in [4.78, 5) is 0. The first-order valence-corrected chi connectivity index (χ1v) is 13.4. The van der Waals surface area contributed by atoms with E-state index in [4.69, 9.17) is 5.11 Å². The predicted molar refractivity (Wildman–Crippen MR) is 136 cm³/mol. The maximum atomic E-state index is 13.1. The molecule has 0 aliphatic heterocycles. The summed E-state index contributed by atoms with van der Waals surface area (Å²) in [5.74, 6) is 0.170. The lowest BCUT2D eigenvalue weighted by Gasteiger charge is -2.50. The summed E-state index contributed by atoms with van der Waals surface area (Å²) in [5, 5.41) is 27.1. The van der Waals surface area contributed by atoms with Crippen LogP contribution < -0.4 is 0 Å². The Hall–Kier alpha value is -0.800. The molecule has 2 aliphatic rings. The summed E-state index contributed by atoms with van der Waals surface area (Å²) in [6, 6.07) is 0. The lowest BCUT2D eigenvalue weighted by Crippen LogP contribution is -2.55. The fourth-order valence-corrected chi connectivity index (χ4v) is 6.58. The van der Waals surface area contributed by atoms with Crippen molar-refractivity contribution in [3.63, 3.8) is 0 Å². The van der Waals surface area contributed by atoms with Crippen molar-refractivity contribution in [3.05, 3.63) is 12.2 Å². The van der Waals surface area contributed by atoms with Crippen LogP contribution in [0.4, 0.5) is 26.3 Å². The Kier molecular flexibility index (Phi) is 13.2. The summed E-state index contributed by atoms with van der Waals surface area (Å²) in [7, 11) is 1.00. The van der Waals surface area contributed by atoms with Gasteiger partial charge in [0.2, 0.25) is 0 Å². The Morgan fingerprint density at radius 3 is 1.84 bits per heavy atom. The van der Waals surface area contributed by atoms with Crippen molar-refractivity contribution in [2.24, 2.45) is 28.1 Å². The van der Waals surface area contributed by atoms with Gasteiger partial charge in [0, 0.05) is 7.11 Å². The van der Waals surface area contributed by atoms with E-state index in [1.165, 1.54) is 0 Å². The molecule has 2 rings (SSSR count). The summed E-state index contributed by atoms with van der Waals surface area (Å²) in [6.45, 7) is 14.4. The van der Waals surface area contributed by atoms with Crippen molar-refractivity contribution in [1.82, 2.24) is 0 Å².